The lowest BCUT2D eigenvalue weighted by Gasteiger charge is -2.16. The van der Waals surface area contributed by atoms with Crippen molar-refractivity contribution in [2.75, 3.05) is 13.1 Å². The van der Waals surface area contributed by atoms with Crippen LogP contribution in [0.3, 0.4) is 0 Å². The number of imidazole rings is 1. The lowest BCUT2D eigenvalue weighted by molar-refractivity contribution is -0.121. The maximum Gasteiger partial charge on any atom is 0.239 e. The highest BCUT2D eigenvalue weighted by atomic mass is 16.1. The number of amides is 1. The summed E-state index contributed by atoms with van der Waals surface area (Å²) in [6.07, 6.45) is 3.93. The van der Waals surface area contributed by atoms with Crippen molar-refractivity contribution in [3.8, 4) is 0 Å². The third-order valence-corrected chi connectivity index (χ3v) is 3.41. The summed E-state index contributed by atoms with van der Waals surface area (Å²) < 4.78 is 2.13. The van der Waals surface area contributed by atoms with Gasteiger partial charge in [-0.25, -0.2) is 4.98 Å². The van der Waals surface area contributed by atoms with E-state index in [9.17, 15) is 4.79 Å². The van der Waals surface area contributed by atoms with E-state index in [-0.39, 0.29) is 5.91 Å². The number of nitrogens with zero attached hydrogens (tertiary/aromatic N) is 2. The van der Waals surface area contributed by atoms with Crippen LogP contribution in [0.2, 0.25) is 0 Å². The molecular formula is C14H24N4O. The molecule has 1 aromatic heterocycles. The standard InChI is InChI=1S/C14H24N4O/c1-3-5-13-17-11-9-15-8-6-12(11)18(13)10-14(19)16-7-4-2/h15H,3-10H2,1-2H3,(H,16,19). The van der Waals surface area contributed by atoms with Gasteiger partial charge in [0.15, 0.2) is 0 Å². The summed E-state index contributed by atoms with van der Waals surface area (Å²) in [6, 6.07) is 0. The normalized spacial score (nSPS) is 14.2. The van der Waals surface area contributed by atoms with Crippen LogP contribution in [0.4, 0.5) is 0 Å². The zero-order valence-corrected chi connectivity index (χ0v) is 12.0. The Morgan fingerprint density at radius 1 is 1.42 bits per heavy atom. The highest BCUT2D eigenvalue weighted by Gasteiger charge is 2.20. The average Bonchev–Trinajstić information content (AvgIpc) is 2.75. The number of hydrogen-bond acceptors (Lipinski definition) is 3. The van der Waals surface area contributed by atoms with Gasteiger partial charge in [0.2, 0.25) is 5.91 Å². The second kappa shape index (κ2) is 6.70. The fourth-order valence-corrected chi connectivity index (χ4v) is 2.49. The molecular weight excluding hydrogens is 240 g/mol. The van der Waals surface area contributed by atoms with Gasteiger partial charge in [0.1, 0.15) is 12.4 Å². The molecule has 1 aromatic rings. The van der Waals surface area contributed by atoms with E-state index in [0.29, 0.717) is 6.54 Å². The number of aromatic nitrogens is 2. The highest BCUT2D eigenvalue weighted by molar-refractivity contribution is 5.75. The fourth-order valence-electron chi connectivity index (χ4n) is 2.49. The zero-order chi connectivity index (χ0) is 13.7. The first-order valence-corrected chi connectivity index (χ1v) is 7.30. The van der Waals surface area contributed by atoms with Crippen molar-refractivity contribution in [2.45, 2.75) is 52.6 Å². The van der Waals surface area contributed by atoms with Crippen LogP contribution in [0.5, 0.6) is 0 Å². The van der Waals surface area contributed by atoms with Crippen LogP contribution in [-0.2, 0) is 30.7 Å². The Bertz CT molecular complexity index is 439. The maximum absolute atomic E-state index is 11.9. The van der Waals surface area contributed by atoms with E-state index in [2.05, 4.69) is 29.0 Å². The molecule has 0 unspecified atom stereocenters. The van der Waals surface area contributed by atoms with Gasteiger partial charge < -0.3 is 15.2 Å². The molecule has 2 rings (SSSR count). The zero-order valence-electron chi connectivity index (χ0n) is 12.0. The number of carbonyl (C=O) groups excluding carboxylic acids is 1. The van der Waals surface area contributed by atoms with Crippen LogP contribution in [0, 0.1) is 0 Å². The molecule has 0 bridgehead atoms. The minimum Gasteiger partial charge on any atom is -0.355 e. The molecule has 5 heteroatoms. The lowest BCUT2D eigenvalue weighted by Crippen LogP contribution is -2.31. The van der Waals surface area contributed by atoms with Crippen LogP contribution in [-0.4, -0.2) is 28.5 Å². The van der Waals surface area contributed by atoms with Crippen LogP contribution >= 0.6 is 0 Å². The third kappa shape index (κ3) is 3.35. The number of rotatable bonds is 6. The fraction of sp³-hybridized carbons (Fsp3) is 0.714. The van der Waals surface area contributed by atoms with Gasteiger partial charge in [-0.15, -0.1) is 0 Å². The molecule has 0 spiro atoms. The van der Waals surface area contributed by atoms with Crippen molar-refractivity contribution in [1.82, 2.24) is 20.2 Å². The second-order valence-electron chi connectivity index (χ2n) is 5.03. The van der Waals surface area contributed by atoms with Crippen molar-refractivity contribution in [1.29, 1.82) is 0 Å². The Morgan fingerprint density at radius 2 is 2.26 bits per heavy atom. The van der Waals surface area contributed by atoms with Crippen molar-refractivity contribution in [3.05, 3.63) is 17.2 Å². The molecule has 1 amide bonds. The van der Waals surface area contributed by atoms with E-state index in [1.54, 1.807) is 0 Å². The average molecular weight is 264 g/mol. The predicted molar refractivity (Wildman–Crippen MR) is 74.9 cm³/mol. The first-order valence-electron chi connectivity index (χ1n) is 7.30. The monoisotopic (exact) mass is 264 g/mol. The first-order chi connectivity index (χ1) is 9.26. The Kier molecular flexibility index (Phi) is 4.96. The van der Waals surface area contributed by atoms with Crippen molar-refractivity contribution in [2.24, 2.45) is 0 Å². The van der Waals surface area contributed by atoms with Crippen LogP contribution < -0.4 is 10.6 Å². The summed E-state index contributed by atoms with van der Waals surface area (Å²) in [6.45, 7) is 7.18. The number of fused-ring (bicyclic) bond motifs is 1. The largest absolute Gasteiger partial charge is 0.355 e. The molecule has 0 atom stereocenters. The summed E-state index contributed by atoms with van der Waals surface area (Å²) in [7, 11) is 0. The number of hydrogen-bond donors (Lipinski definition) is 2. The van der Waals surface area contributed by atoms with E-state index in [0.717, 1.165) is 56.8 Å². The summed E-state index contributed by atoms with van der Waals surface area (Å²) in [5, 5.41) is 6.28. The van der Waals surface area contributed by atoms with E-state index in [4.69, 9.17) is 4.98 Å². The summed E-state index contributed by atoms with van der Waals surface area (Å²) in [5.74, 6) is 1.15. The Hall–Kier alpha value is -1.36. The molecule has 106 valence electrons. The Labute approximate surface area is 114 Å². The summed E-state index contributed by atoms with van der Waals surface area (Å²) in [5.41, 5.74) is 2.37. The molecule has 5 nitrogen and oxygen atoms in total. The van der Waals surface area contributed by atoms with Gasteiger partial charge >= 0.3 is 0 Å². The second-order valence-corrected chi connectivity index (χ2v) is 5.03. The summed E-state index contributed by atoms with van der Waals surface area (Å²) in [4.78, 5) is 16.6. The van der Waals surface area contributed by atoms with Gasteiger partial charge in [0.05, 0.1) is 5.69 Å². The van der Waals surface area contributed by atoms with E-state index < -0.39 is 0 Å². The molecule has 0 radical (unpaired) electrons. The van der Waals surface area contributed by atoms with Gasteiger partial charge in [0.25, 0.3) is 0 Å². The van der Waals surface area contributed by atoms with Gasteiger partial charge in [-0.3, -0.25) is 4.79 Å². The predicted octanol–water partition coefficient (Wildman–Crippen LogP) is 1.01. The lowest BCUT2D eigenvalue weighted by atomic mass is 10.2. The minimum absolute atomic E-state index is 0.0953. The smallest absolute Gasteiger partial charge is 0.239 e. The molecule has 0 saturated carbocycles. The van der Waals surface area contributed by atoms with Gasteiger partial charge in [-0.05, 0) is 12.8 Å². The molecule has 0 fully saturated rings. The van der Waals surface area contributed by atoms with Crippen molar-refractivity contribution >= 4 is 5.91 Å². The molecule has 1 aliphatic rings. The molecule has 2 heterocycles. The van der Waals surface area contributed by atoms with Crippen LogP contribution in [0.15, 0.2) is 0 Å². The quantitative estimate of drug-likeness (QED) is 0.806. The number of carbonyl (C=O) groups is 1. The molecule has 0 aliphatic carbocycles. The van der Waals surface area contributed by atoms with Crippen molar-refractivity contribution < 1.29 is 4.79 Å². The first kappa shape index (κ1) is 14.1. The molecule has 19 heavy (non-hydrogen) atoms. The molecule has 0 aromatic carbocycles. The highest BCUT2D eigenvalue weighted by Crippen LogP contribution is 2.17. The topological polar surface area (TPSA) is 59.0 Å². The van der Waals surface area contributed by atoms with Gasteiger partial charge in [-0.2, -0.15) is 0 Å². The van der Waals surface area contributed by atoms with Crippen molar-refractivity contribution in [3.63, 3.8) is 0 Å². The number of aryl methyl sites for hydroxylation is 1. The summed E-state index contributed by atoms with van der Waals surface area (Å²) >= 11 is 0. The number of nitrogens with one attached hydrogen (secondary N) is 2. The molecule has 0 saturated heterocycles. The Balaban J connectivity index is 2.16. The molecule has 1 aliphatic heterocycles. The van der Waals surface area contributed by atoms with E-state index in [1.165, 1.54) is 5.69 Å². The Morgan fingerprint density at radius 3 is 3.00 bits per heavy atom. The van der Waals surface area contributed by atoms with Crippen LogP contribution in [0.1, 0.15) is 43.9 Å². The SMILES string of the molecule is CCCNC(=O)Cn1c(CCC)nc2c1CCNC2. The van der Waals surface area contributed by atoms with E-state index >= 15 is 0 Å². The van der Waals surface area contributed by atoms with Gasteiger partial charge in [0, 0.05) is 38.2 Å². The molecule has 2 N–H and O–H groups in total. The minimum atomic E-state index is 0.0953. The van der Waals surface area contributed by atoms with Crippen LogP contribution in [0.25, 0.3) is 0 Å². The third-order valence-electron chi connectivity index (χ3n) is 3.41. The van der Waals surface area contributed by atoms with E-state index in [1.807, 2.05) is 0 Å². The van der Waals surface area contributed by atoms with Gasteiger partial charge in [-0.1, -0.05) is 13.8 Å². The maximum atomic E-state index is 11.9.